The first-order valence-corrected chi connectivity index (χ1v) is 34.6. The van der Waals surface area contributed by atoms with E-state index in [4.69, 9.17) is 4.74 Å². The van der Waals surface area contributed by atoms with Crippen LogP contribution in [0.1, 0.15) is 386 Å². The van der Waals surface area contributed by atoms with Crippen molar-refractivity contribution in [1.82, 2.24) is 5.32 Å². The summed E-state index contributed by atoms with van der Waals surface area (Å²) in [5.41, 5.74) is 0. The van der Waals surface area contributed by atoms with Gasteiger partial charge in [-0.3, -0.25) is 9.59 Å². The number of amides is 1. The highest BCUT2D eigenvalue weighted by atomic mass is 16.5. The van der Waals surface area contributed by atoms with Crippen molar-refractivity contribution < 1.29 is 24.5 Å². The number of carbonyl (C=O) groups excluding carboxylic acids is 2. The van der Waals surface area contributed by atoms with Crippen molar-refractivity contribution in [3.63, 3.8) is 0 Å². The predicted octanol–water partition coefficient (Wildman–Crippen LogP) is 22.1. The lowest BCUT2D eigenvalue weighted by Crippen LogP contribution is -2.45. The number of allylic oxidation sites excluding steroid dienone is 4. The Balaban J connectivity index is 3.38. The Morgan fingerprint density at radius 3 is 0.934 bits per heavy atom. The highest BCUT2D eigenvalue weighted by Crippen LogP contribution is 2.18. The van der Waals surface area contributed by atoms with Gasteiger partial charge in [0.2, 0.25) is 5.91 Å². The van der Waals surface area contributed by atoms with Crippen molar-refractivity contribution in [2.24, 2.45) is 0 Å². The second-order valence-corrected chi connectivity index (χ2v) is 23.9. The minimum Gasteiger partial charge on any atom is -0.466 e. The fourth-order valence-electron chi connectivity index (χ4n) is 10.9. The molecule has 0 aromatic carbocycles. The van der Waals surface area contributed by atoms with Gasteiger partial charge in [0, 0.05) is 12.8 Å². The van der Waals surface area contributed by atoms with Gasteiger partial charge in [0.25, 0.3) is 0 Å². The van der Waals surface area contributed by atoms with Gasteiger partial charge in [0.05, 0.1) is 25.4 Å². The minimum atomic E-state index is -0.665. The molecule has 0 fully saturated rings. The minimum absolute atomic E-state index is 0.00784. The first-order valence-electron chi connectivity index (χ1n) is 34.6. The van der Waals surface area contributed by atoms with E-state index in [0.717, 1.165) is 44.9 Å². The third-order valence-corrected chi connectivity index (χ3v) is 16.2. The van der Waals surface area contributed by atoms with E-state index in [1.807, 2.05) is 0 Å². The van der Waals surface area contributed by atoms with Crippen molar-refractivity contribution in [3.8, 4) is 0 Å². The Hall–Kier alpha value is -1.66. The highest BCUT2D eigenvalue weighted by molar-refractivity contribution is 5.76. The number of unbranched alkanes of at least 4 members (excludes halogenated alkanes) is 50. The van der Waals surface area contributed by atoms with Crippen molar-refractivity contribution in [2.75, 3.05) is 13.2 Å². The van der Waals surface area contributed by atoms with E-state index >= 15 is 0 Å². The molecule has 1 amide bonds. The molecule has 2 atom stereocenters. The van der Waals surface area contributed by atoms with E-state index < -0.39 is 12.1 Å². The molecule has 0 heterocycles. The summed E-state index contributed by atoms with van der Waals surface area (Å²) in [4.78, 5) is 24.6. The zero-order chi connectivity index (χ0) is 55.0. The van der Waals surface area contributed by atoms with Crippen LogP contribution in [0.5, 0.6) is 0 Å². The van der Waals surface area contributed by atoms with Crippen LogP contribution in [0.2, 0.25) is 0 Å². The number of aliphatic hydroxyl groups excluding tert-OH is 2. The van der Waals surface area contributed by atoms with Gasteiger partial charge < -0.3 is 20.3 Å². The number of hydrogen-bond donors (Lipinski definition) is 3. The Kier molecular flexibility index (Phi) is 64.4. The van der Waals surface area contributed by atoms with Crippen molar-refractivity contribution >= 4 is 11.9 Å². The number of esters is 1. The molecule has 0 saturated heterocycles. The van der Waals surface area contributed by atoms with E-state index in [-0.39, 0.29) is 18.5 Å². The van der Waals surface area contributed by atoms with E-state index in [9.17, 15) is 19.8 Å². The van der Waals surface area contributed by atoms with Crippen LogP contribution in [0.15, 0.2) is 24.3 Å². The van der Waals surface area contributed by atoms with Crippen LogP contribution in [-0.2, 0) is 14.3 Å². The molecule has 3 N–H and O–H groups in total. The van der Waals surface area contributed by atoms with Crippen LogP contribution >= 0.6 is 0 Å². The summed E-state index contributed by atoms with van der Waals surface area (Å²) in [6.07, 6.45) is 82.2. The molecular weight excluding hydrogens is 935 g/mol. The highest BCUT2D eigenvalue weighted by Gasteiger charge is 2.20. The Morgan fingerprint density at radius 1 is 0.355 bits per heavy atom. The molecule has 76 heavy (non-hydrogen) atoms. The summed E-state index contributed by atoms with van der Waals surface area (Å²) >= 11 is 0. The topological polar surface area (TPSA) is 95.9 Å². The third-order valence-electron chi connectivity index (χ3n) is 16.2. The van der Waals surface area contributed by atoms with E-state index in [2.05, 4.69) is 43.5 Å². The molecular formula is C70H135NO5. The molecule has 0 saturated carbocycles. The summed E-state index contributed by atoms with van der Waals surface area (Å²) in [7, 11) is 0. The summed E-state index contributed by atoms with van der Waals surface area (Å²) in [5.74, 6) is -0.0247. The van der Waals surface area contributed by atoms with Gasteiger partial charge in [-0.15, -0.1) is 0 Å². The molecule has 0 spiro atoms. The zero-order valence-electron chi connectivity index (χ0n) is 51.5. The standard InChI is InChI=1S/C70H135NO5/c1-3-5-7-9-11-13-15-17-19-31-35-38-42-46-50-54-58-62-68(73)67(66-72)71-69(74)63-59-55-51-47-43-39-36-32-29-27-25-23-21-20-22-24-26-28-30-33-37-41-45-49-53-57-61-65-76-70(75)64-60-56-52-48-44-40-34-18-16-14-12-10-8-6-4-2/h18,20-21,34,67-68,72-73H,3-17,19,22-33,35-66H2,1-2H3,(H,71,74)/b21-20-,34-18-. The number of hydrogen-bond acceptors (Lipinski definition) is 5. The number of nitrogens with one attached hydrogen (secondary N) is 1. The van der Waals surface area contributed by atoms with Crippen molar-refractivity contribution in [1.29, 1.82) is 0 Å². The summed E-state index contributed by atoms with van der Waals surface area (Å²) in [6, 6.07) is -0.542. The van der Waals surface area contributed by atoms with E-state index in [1.165, 1.54) is 308 Å². The Morgan fingerprint density at radius 2 is 0.618 bits per heavy atom. The number of rotatable bonds is 65. The first kappa shape index (κ1) is 74.3. The van der Waals surface area contributed by atoms with Crippen LogP contribution in [0, 0.1) is 0 Å². The summed E-state index contributed by atoms with van der Waals surface area (Å²) in [6.45, 7) is 4.98. The van der Waals surface area contributed by atoms with Crippen molar-refractivity contribution in [3.05, 3.63) is 24.3 Å². The van der Waals surface area contributed by atoms with Crippen LogP contribution in [0.4, 0.5) is 0 Å². The van der Waals surface area contributed by atoms with Gasteiger partial charge in [0.1, 0.15) is 0 Å². The molecule has 0 rings (SSSR count). The van der Waals surface area contributed by atoms with Gasteiger partial charge in [-0.1, -0.05) is 321 Å². The normalized spacial score (nSPS) is 12.6. The second-order valence-electron chi connectivity index (χ2n) is 23.9. The van der Waals surface area contributed by atoms with Crippen LogP contribution in [-0.4, -0.2) is 47.4 Å². The fraction of sp³-hybridized carbons (Fsp3) is 0.914. The maximum Gasteiger partial charge on any atom is 0.305 e. The number of aliphatic hydroxyl groups is 2. The molecule has 2 unspecified atom stereocenters. The van der Waals surface area contributed by atoms with E-state index in [1.54, 1.807) is 0 Å². The summed E-state index contributed by atoms with van der Waals surface area (Å²) in [5, 5.41) is 23.4. The molecule has 0 radical (unpaired) electrons. The monoisotopic (exact) mass is 1070 g/mol. The lowest BCUT2D eigenvalue weighted by atomic mass is 10.0. The maximum atomic E-state index is 12.5. The third kappa shape index (κ3) is 61.6. The largest absolute Gasteiger partial charge is 0.466 e. The lowest BCUT2D eigenvalue weighted by molar-refractivity contribution is -0.143. The van der Waals surface area contributed by atoms with Gasteiger partial charge >= 0.3 is 5.97 Å². The molecule has 0 aliphatic carbocycles. The number of carbonyl (C=O) groups is 2. The SMILES string of the molecule is CCCCCCCC/C=C\CCCCCCCC(=O)OCCCCCCCCCCCCCC/C=C\CCCCCCCCCCCCCC(=O)NC(CO)C(O)CCCCCCCCCCCCCCCCCCC. The Bertz CT molecular complexity index is 1190. The molecule has 0 aliphatic heterocycles. The fourth-order valence-corrected chi connectivity index (χ4v) is 10.9. The predicted molar refractivity (Wildman–Crippen MR) is 333 cm³/mol. The van der Waals surface area contributed by atoms with Gasteiger partial charge in [-0.2, -0.15) is 0 Å². The molecule has 0 aromatic heterocycles. The van der Waals surface area contributed by atoms with Gasteiger partial charge in [-0.05, 0) is 77.0 Å². The first-order chi connectivity index (χ1) is 37.5. The zero-order valence-corrected chi connectivity index (χ0v) is 51.5. The molecule has 6 nitrogen and oxygen atoms in total. The lowest BCUT2D eigenvalue weighted by Gasteiger charge is -2.22. The maximum absolute atomic E-state index is 12.5. The van der Waals surface area contributed by atoms with Crippen LogP contribution < -0.4 is 5.32 Å². The molecule has 0 aromatic rings. The van der Waals surface area contributed by atoms with Crippen LogP contribution in [0.3, 0.4) is 0 Å². The van der Waals surface area contributed by atoms with Crippen LogP contribution in [0.25, 0.3) is 0 Å². The molecule has 0 bridgehead atoms. The second kappa shape index (κ2) is 65.9. The molecule has 450 valence electrons. The van der Waals surface area contributed by atoms with Crippen molar-refractivity contribution in [2.45, 2.75) is 398 Å². The Labute approximate surface area is 475 Å². The van der Waals surface area contributed by atoms with Gasteiger partial charge in [-0.25, -0.2) is 0 Å². The smallest absolute Gasteiger partial charge is 0.305 e. The average Bonchev–Trinajstić information content (AvgIpc) is 3.42. The molecule has 0 aliphatic rings. The van der Waals surface area contributed by atoms with E-state index in [0.29, 0.717) is 25.9 Å². The summed E-state index contributed by atoms with van der Waals surface area (Å²) < 4.78 is 5.49. The molecule has 6 heteroatoms. The van der Waals surface area contributed by atoms with Gasteiger partial charge in [0.15, 0.2) is 0 Å². The average molecular weight is 1070 g/mol. The quantitative estimate of drug-likeness (QED) is 0.0320. The number of ether oxygens (including phenoxy) is 1.